The van der Waals surface area contributed by atoms with Gasteiger partial charge in [0.25, 0.3) is 5.91 Å². The summed E-state index contributed by atoms with van der Waals surface area (Å²) < 4.78 is 0. The van der Waals surface area contributed by atoms with E-state index in [9.17, 15) is 9.59 Å². The normalized spacial score (nSPS) is 10.3. The number of halogens is 1. The molecule has 18 heavy (non-hydrogen) atoms. The van der Waals surface area contributed by atoms with Crippen molar-refractivity contribution >= 4 is 23.9 Å². The van der Waals surface area contributed by atoms with Crippen molar-refractivity contribution in [2.45, 2.75) is 0 Å². The van der Waals surface area contributed by atoms with Crippen LogP contribution in [0.4, 0.5) is 0 Å². The summed E-state index contributed by atoms with van der Waals surface area (Å²) in [5.41, 5.74) is 0.540. The molecule has 0 unspecified atom stereocenters. The average molecular weight is 264 g/mol. The van der Waals surface area contributed by atoms with Gasteiger partial charge in [-0.3, -0.25) is 9.59 Å². The van der Waals surface area contributed by atoms with Crippen molar-refractivity contribution in [1.82, 2.24) is 10.6 Å². The number of nitrogens with one attached hydrogen (secondary N) is 2. The van der Waals surface area contributed by atoms with Gasteiger partial charge < -0.3 is 10.6 Å². The number of hydrogen-bond acceptors (Lipinski definition) is 3. The van der Waals surface area contributed by atoms with Gasteiger partial charge in [-0.25, -0.2) is 0 Å². The Hall–Kier alpha value is -2.32. The minimum absolute atomic E-state index is 0.0583. The van der Waals surface area contributed by atoms with Crippen LogP contribution in [0.25, 0.3) is 0 Å². The van der Waals surface area contributed by atoms with Gasteiger partial charge in [0.1, 0.15) is 0 Å². The van der Waals surface area contributed by atoms with Crippen LogP contribution in [0.3, 0.4) is 0 Å². The largest absolute Gasteiger partial charge is 0.354 e. The van der Waals surface area contributed by atoms with E-state index in [4.69, 9.17) is 16.9 Å². The Labute approximate surface area is 109 Å². The van der Waals surface area contributed by atoms with Gasteiger partial charge in [-0.15, -0.1) is 0 Å². The molecule has 0 atom stereocenters. The number of hydrogen-bond donors (Lipinski definition) is 2. The Morgan fingerprint density at radius 2 is 2.17 bits per heavy atom. The van der Waals surface area contributed by atoms with Crippen molar-refractivity contribution < 1.29 is 9.59 Å². The number of nitrogens with zero attached hydrogens (tertiary/aromatic N) is 1. The van der Waals surface area contributed by atoms with Gasteiger partial charge in [0.15, 0.2) is 0 Å². The average Bonchev–Trinajstić information content (AvgIpc) is 2.39. The maximum absolute atomic E-state index is 11.7. The molecular weight excluding hydrogens is 254 g/mol. The zero-order chi connectivity index (χ0) is 13.4. The molecule has 0 fully saturated rings. The first-order valence-corrected chi connectivity index (χ1v) is 5.38. The van der Waals surface area contributed by atoms with Crippen molar-refractivity contribution in [1.29, 1.82) is 5.26 Å². The fourth-order valence-corrected chi connectivity index (χ4v) is 1.37. The highest BCUT2D eigenvalue weighted by atomic mass is 35.5. The third-order valence-electron chi connectivity index (χ3n) is 2.02. The van der Waals surface area contributed by atoms with E-state index < -0.39 is 5.91 Å². The maximum Gasteiger partial charge on any atom is 0.256 e. The molecule has 2 N–H and O–H groups in total. The molecule has 0 aliphatic carbocycles. The van der Waals surface area contributed by atoms with Crippen LogP contribution in [0.15, 0.2) is 36.0 Å². The van der Waals surface area contributed by atoms with Gasteiger partial charge >= 0.3 is 0 Å². The summed E-state index contributed by atoms with van der Waals surface area (Å²) in [6.45, 7) is 0.0583. The van der Waals surface area contributed by atoms with E-state index in [-0.39, 0.29) is 12.1 Å². The zero-order valence-corrected chi connectivity index (χ0v) is 10.1. The molecule has 0 aliphatic heterocycles. The molecule has 1 aromatic rings. The third-order valence-corrected chi connectivity index (χ3v) is 2.35. The minimum Gasteiger partial charge on any atom is -0.354 e. The fraction of sp³-hybridized carbons (Fsp3) is 0.0833. The Bertz CT molecular complexity index is 520. The molecule has 6 heteroatoms. The lowest BCUT2D eigenvalue weighted by Gasteiger charge is -2.03. The monoisotopic (exact) mass is 263 g/mol. The number of amides is 2. The lowest BCUT2D eigenvalue weighted by atomic mass is 10.2. The Morgan fingerprint density at radius 3 is 2.78 bits per heavy atom. The molecule has 0 bridgehead atoms. The van der Waals surface area contributed by atoms with Crippen molar-refractivity contribution in [3.8, 4) is 6.07 Å². The van der Waals surface area contributed by atoms with Crippen molar-refractivity contribution in [3.63, 3.8) is 0 Å². The van der Waals surface area contributed by atoms with E-state index in [1.165, 1.54) is 6.20 Å². The van der Waals surface area contributed by atoms with Crippen LogP contribution < -0.4 is 10.6 Å². The molecule has 5 nitrogen and oxygen atoms in total. The van der Waals surface area contributed by atoms with Gasteiger partial charge in [0.05, 0.1) is 28.8 Å². The third kappa shape index (κ3) is 3.92. The predicted octanol–water partition coefficient (Wildman–Crippen LogP) is 1.22. The summed E-state index contributed by atoms with van der Waals surface area (Å²) in [6.07, 6.45) is 1.71. The number of carbonyl (C=O) groups is 2. The van der Waals surface area contributed by atoms with E-state index in [1.807, 2.05) is 6.07 Å². The quantitative estimate of drug-likeness (QED) is 0.619. The van der Waals surface area contributed by atoms with Gasteiger partial charge in [-0.05, 0) is 12.1 Å². The number of nitriles is 1. The summed E-state index contributed by atoms with van der Waals surface area (Å²) in [4.78, 5) is 21.8. The number of rotatable bonds is 5. The van der Waals surface area contributed by atoms with Crippen LogP contribution in [-0.4, -0.2) is 18.9 Å². The Kier molecular flexibility index (Phi) is 5.42. The molecule has 0 aromatic heterocycles. The topological polar surface area (TPSA) is 82.0 Å². The zero-order valence-electron chi connectivity index (χ0n) is 9.31. The lowest BCUT2D eigenvalue weighted by molar-refractivity contribution is -0.109. The van der Waals surface area contributed by atoms with Crippen LogP contribution in [-0.2, 0) is 4.79 Å². The van der Waals surface area contributed by atoms with Gasteiger partial charge in [-0.2, -0.15) is 5.26 Å². The molecule has 1 rings (SSSR count). The highest BCUT2D eigenvalue weighted by Gasteiger charge is 2.07. The summed E-state index contributed by atoms with van der Waals surface area (Å²) in [5.74, 6) is -0.417. The van der Waals surface area contributed by atoms with Gasteiger partial charge in [-0.1, -0.05) is 23.7 Å². The van der Waals surface area contributed by atoms with Crippen LogP contribution in [0.2, 0.25) is 5.02 Å². The first-order chi connectivity index (χ1) is 8.69. The fourth-order valence-electron chi connectivity index (χ4n) is 1.15. The van der Waals surface area contributed by atoms with E-state index in [0.29, 0.717) is 17.0 Å². The van der Waals surface area contributed by atoms with Gasteiger partial charge in [0, 0.05) is 6.20 Å². The Morgan fingerprint density at radius 1 is 1.44 bits per heavy atom. The van der Waals surface area contributed by atoms with Crippen molar-refractivity contribution in [2.75, 3.05) is 6.54 Å². The SMILES string of the molecule is N#CC(=CNC(=O)c1ccccc1Cl)CNC=O. The molecule has 0 saturated carbocycles. The second-order valence-electron chi connectivity index (χ2n) is 3.23. The summed E-state index contributed by atoms with van der Waals surface area (Å²) in [5, 5.41) is 13.8. The molecule has 0 heterocycles. The van der Waals surface area contributed by atoms with Crippen molar-refractivity contribution in [3.05, 3.63) is 46.6 Å². The lowest BCUT2D eigenvalue weighted by Crippen LogP contribution is -2.21. The minimum atomic E-state index is -0.417. The molecule has 0 spiro atoms. The first-order valence-electron chi connectivity index (χ1n) is 5.00. The Balaban J connectivity index is 2.71. The smallest absolute Gasteiger partial charge is 0.256 e. The summed E-state index contributed by atoms with van der Waals surface area (Å²) in [7, 11) is 0. The van der Waals surface area contributed by atoms with Crippen LogP contribution >= 0.6 is 11.6 Å². The highest BCUT2D eigenvalue weighted by Crippen LogP contribution is 2.14. The second kappa shape index (κ2) is 7.09. The summed E-state index contributed by atoms with van der Waals surface area (Å²) in [6, 6.07) is 8.41. The number of benzene rings is 1. The molecule has 0 saturated heterocycles. The standard InChI is InChI=1S/C12H10ClN3O2/c13-11-4-2-1-3-10(11)12(18)16-7-9(5-14)6-15-8-17/h1-4,7-8H,6H2,(H,15,17)(H,16,18). The van der Waals surface area contributed by atoms with Crippen LogP contribution in [0, 0.1) is 11.3 Å². The molecule has 0 aliphatic rings. The first kappa shape index (κ1) is 13.7. The van der Waals surface area contributed by atoms with E-state index in [2.05, 4.69) is 10.6 Å². The maximum atomic E-state index is 11.7. The molecule has 1 aromatic carbocycles. The highest BCUT2D eigenvalue weighted by molar-refractivity contribution is 6.33. The number of carbonyl (C=O) groups excluding carboxylic acids is 2. The van der Waals surface area contributed by atoms with E-state index in [0.717, 1.165) is 0 Å². The molecule has 92 valence electrons. The predicted molar refractivity (Wildman–Crippen MR) is 66.7 cm³/mol. The second-order valence-corrected chi connectivity index (χ2v) is 3.64. The van der Waals surface area contributed by atoms with Gasteiger partial charge in [0.2, 0.25) is 6.41 Å². The molecule has 2 amide bonds. The molecule has 0 radical (unpaired) electrons. The van der Waals surface area contributed by atoms with E-state index in [1.54, 1.807) is 24.3 Å². The van der Waals surface area contributed by atoms with E-state index >= 15 is 0 Å². The van der Waals surface area contributed by atoms with Crippen LogP contribution in [0.5, 0.6) is 0 Å². The van der Waals surface area contributed by atoms with Crippen LogP contribution in [0.1, 0.15) is 10.4 Å². The molecular formula is C12H10ClN3O2. The summed E-state index contributed by atoms with van der Waals surface area (Å²) >= 11 is 5.85. The van der Waals surface area contributed by atoms with Crippen molar-refractivity contribution in [2.24, 2.45) is 0 Å².